The number of carboxylic acids is 4. The summed E-state index contributed by atoms with van der Waals surface area (Å²) in [5.74, 6) is -5.17. The van der Waals surface area contributed by atoms with Crippen LogP contribution in [0.2, 0.25) is 0 Å². The van der Waals surface area contributed by atoms with Crippen LogP contribution in [0, 0.1) is 0 Å². The highest BCUT2D eigenvalue weighted by atomic mass is 16.7. The van der Waals surface area contributed by atoms with Gasteiger partial charge in [0.05, 0.1) is 18.4 Å². The first-order valence-corrected chi connectivity index (χ1v) is 17.3. The Morgan fingerprint density at radius 2 is 0.911 bits per heavy atom. The van der Waals surface area contributed by atoms with Crippen LogP contribution in [0.4, 0.5) is 0 Å². The predicted octanol–water partition coefficient (Wildman–Crippen LogP) is 2.16. The maximum Gasteiger partial charge on any atom is 0.342 e. The Labute approximate surface area is 322 Å². The van der Waals surface area contributed by atoms with Crippen molar-refractivity contribution in [3.63, 3.8) is 0 Å². The van der Waals surface area contributed by atoms with E-state index in [0.29, 0.717) is 19.6 Å². The van der Waals surface area contributed by atoms with Gasteiger partial charge in [0, 0.05) is 33.6 Å². The van der Waals surface area contributed by atoms with Crippen LogP contribution in [0.25, 0.3) is 0 Å². The van der Waals surface area contributed by atoms with Crippen LogP contribution in [0.3, 0.4) is 0 Å². The topological polar surface area (TPSA) is 231 Å². The smallest absolute Gasteiger partial charge is 0.342 e. The van der Waals surface area contributed by atoms with Gasteiger partial charge in [-0.2, -0.15) is 0 Å². The number of pyridine rings is 2. The molecule has 2 aromatic heterocycles. The third-order valence-electron chi connectivity index (χ3n) is 8.10. The van der Waals surface area contributed by atoms with Crippen molar-refractivity contribution < 1.29 is 73.4 Å². The Morgan fingerprint density at radius 1 is 0.571 bits per heavy atom. The number of hydrogen-bond donors (Lipinski definition) is 4. The second-order valence-electron chi connectivity index (χ2n) is 11.6. The molecule has 0 bridgehead atoms. The minimum Gasteiger partial charge on any atom is -0.871 e. The van der Waals surface area contributed by atoms with E-state index in [0.717, 1.165) is 28.3 Å². The lowest BCUT2D eigenvalue weighted by molar-refractivity contribution is -0.891. The summed E-state index contributed by atoms with van der Waals surface area (Å²) in [6.07, 6.45) is 6.28. The fourth-order valence-electron chi connectivity index (χ4n) is 5.75. The van der Waals surface area contributed by atoms with E-state index in [1.807, 2.05) is 54.6 Å². The van der Waals surface area contributed by atoms with Gasteiger partial charge in [0.25, 0.3) is 0 Å². The van der Waals surface area contributed by atoms with Crippen molar-refractivity contribution in [2.45, 2.75) is 32.1 Å². The predicted molar refractivity (Wildman–Crippen MR) is 196 cm³/mol. The van der Waals surface area contributed by atoms with Crippen molar-refractivity contribution in [3.8, 4) is 0 Å². The monoisotopic (exact) mass is 768 g/mol. The quantitative estimate of drug-likeness (QED) is 0.0489. The number of carbonyl (C=O) groups is 4. The lowest BCUT2D eigenvalue weighted by atomic mass is 9.67. The summed E-state index contributed by atoms with van der Waals surface area (Å²) < 4.78 is 7.06. The molecular formula is C40H41BN2O13. The summed E-state index contributed by atoms with van der Waals surface area (Å²) >= 11 is 0. The maximum atomic E-state index is 10.8. The molecular weight excluding hydrogens is 727 g/mol. The van der Waals surface area contributed by atoms with E-state index in [2.05, 4.69) is 36.4 Å². The number of nitrogens with zero attached hydrogens (tertiary/aromatic N) is 2. The number of rotatable bonds is 16. The fraction of sp³-hybridized carbons (Fsp3) is 0.200. The third kappa shape index (κ3) is 12.2. The van der Waals surface area contributed by atoms with E-state index >= 15 is 0 Å². The van der Waals surface area contributed by atoms with Crippen molar-refractivity contribution in [1.82, 2.24) is 0 Å². The zero-order valence-electron chi connectivity index (χ0n) is 30.6. The van der Waals surface area contributed by atoms with Gasteiger partial charge in [-0.1, -0.05) is 91.0 Å². The summed E-state index contributed by atoms with van der Waals surface area (Å²) in [7, 11) is -2.23. The summed E-state index contributed by atoms with van der Waals surface area (Å²) in [4.78, 5) is 52.8. The van der Waals surface area contributed by atoms with Crippen molar-refractivity contribution in [2.75, 3.05) is 19.8 Å². The zero-order valence-corrected chi connectivity index (χ0v) is 30.6. The van der Waals surface area contributed by atoms with E-state index in [1.54, 1.807) is 13.8 Å². The highest BCUT2D eigenvalue weighted by Gasteiger charge is 2.35. The van der Waals surface area contributed by atoms with E-state index in [1.165, 1.54) is 41.2 Å². The highest BCUT2D eigenvalue weighted by molar-refractivity contribution is 6.28. The Kier molecular flexibility index (Phi) is 17.1. The fourth-order valence-corrected chi connectivity index (χ4v) is 5.75. The van der Waals surface area contributed by atoms with Crippen LogP contribution in [-0.4, -0.2) is 71.4 Å². The molecule has 0 aliphatic heterocycles. The van der Waals surface area contributed by atoms with Gasteiger partial charge >= 0.3 is 23.9 Å². The molecule has 0 unspecified atom stereocenters. The second kappa shape index (κ2) is 21.9. The SMILES string of the molecule is CCO[n+]1ccc(C(=O)O)c(C(=O)O)c1.CCO[n+]1ccc(C(=O)O)c(C(=O)O)c1.[O-]B([O-])OCCCC(c1ccccc1)(c1ccccc1)c1ccccc1. The Balaban J connectivity index is 0.000000241. The molecule has 0 aliphatic rings. The van der Waals surface area contributed by atoms with Gasteiger partial charge in [-0.05, 0) is 43.4 Å². The Morgan fingerprint density at radius 3 is 1.20 bits per heavy atom. The van der Waals surface area contributed by atoms with E-state index < -0.39 is 31.2 Å². The molecule has 4 N–H and O–H groups in total. The Bertz CT molecular complexity index is 1860. The van der Waals surface area contributed by atoms with Gasteiger partial charge in [0.2, 0.25) is 24.8 Å². The van der Waals surface area contributed by atoms with Crippen molar-refractivity contribution in [2.24, 2.45) is 0 Å². The van der Waals surface area contributed by atoms with Crippen LogP contribution < -0.4 is 29.2 Å². The molecule has 3 aromatic carbocycles. The summed E-state index contributed by atoms with van der Waals surface area (Å²) in [5.41, 5.74) is 2.03. The van der Waals surface area contributed by atoms with Crippen LogP contribution in [-0.2, 0) is 10.1 Å². The van der Waals surface area contributed by atoms with Crippen molar-refractivity contribution in [3.05, 3.63) is 167 Å². The molecule has 0 saturated heterocycles. The summed E-state index contributed by atoms with van der Waals surface area (Å²) in [6.45, 7) is 4.34. The average molecular weight is 769 g/mol. The van der Waals surface area contributed by atoms with Crippen molar-refractivity contribution in [1.29, 1.82) is 0 Å². The Hall–Kier alpha value is -6.62. The summed E-state index contributed by atoms with van der Waals surface area (Å²) in [5, 5.41) is 56.4. The molecule has 0 aliphatic carbocycles. The van der Waals surface area contributed by atoms with Crippen LogP contribution in [0.1, 0.15) is 84.8 Å². The first kappa shape index (κ1) is 43.8. The number of aromatic carboxylic acids is 4. The normalized spacial score (nSPS) is 10.4. The molecule has 0 amide bonds. The van der Waals surface area contributed by atoms with Crippen LogP contribution in [0.15, 0.2) is 128 Å². The molecule has 0 fully saturated rings. The molecule has 0 atom stereocenters. The molecule has 292 valence electrons. The molecule has 5 aromatic rings. The molecule has 0 radical (unpaired) electrons. The molecule has 15 nitrogen and oxygen atoms in total. The lowest BCUT2D eigenvalue weighted by Gasteiger charge is -2.37. The van der Waals surface area contributed by atoms with Crippen LogP contribution in [0.5, 0.6) is 0 Å². The van der Waals surface area contributed by atoms with Gasteiger partial charge in [-0.3, -0.25) is 9.68 Å². The number of hydrogen-bond acceptors (Lipinski definition) is 9. The molecule has 5 rings (SSSR count). The van der Waals surface area contributed by atoms with Gasteiger partial charge in [-0.25, -0.2) is 19.2 Å². The molecule has 0 saturated carbocycles. The van der Waals surface area contributed by atoms with E-state index in [4.69, 9.17) is 34.8 Å². The van der Waals surface area contributed by atoms with Gasteiger partial charge < -0.3 is 35.1 Å². The van der Waals surface area contributed by atoms with Gasteiger partial charge in [0.15, 0.2) is 13.2 Å². The molecule has 0 spiro atoms. The largest absolute Gasteiger partial charge is 0.871 e. The minimum atomic E-state index is -2.23. The first-order valence-electron chi connectivity index (χ1n) is 17.3. The second-order valence-corrected chi connectivity index (χ2v) is 11.6. The number of aromatic nitrogens is 2. The highest BCUT2D eigenvalue weighted by Crippen LogP contribution is 2.42. The van der Waals surface area contributed by atoms with Crippen molar-refractivity contribution >= 4 is 31.2 Å². The zero-order chi connectivity index (χ0) is 41.1. The van der Waals surface area contributed by atoms with Gasteiger partial charge in [0.1, 0.15) is 11.1 Å². The average Bonchev–Trinajstić information content (AvgIpc) is 3.19. The maximum absolute atomic E-state index is 10.8. The van der Waals surface area contributed by atoms with Gasteiger partial charge in [-0.15, -0.1) is 0 Å². The van der Waals surface area contributed by atoms with E-state index in [9.17, 15) is 29.2 Å². The van der Waals surface area contributed by atoms with Crippen LogP contribution >= 0.6 is 0 Å². The minimum absolute atomic E-state index is 0.159. The van der Waals surface area contributed by atoms with E-state index in [-0.39, 0.29) is 34.3 Å². The lowest BCUT2D eigenvalue weighted by Crippen LogP contribution is -2.48. The standard InChI is InChI=1S/C22H21BO3.2C9H9NO5/c24-23(25)26-18-10-17-22(19-11-4-1-5-12-19,20-13-6-2-7-14-20)21-15-8-3-9-16-21;2*1-2-15-10-4-3-6(8(11)12)7(5-10)9(13)14/h1-9,11-16H,10,17-18H2;2*3-5H,2H2,1H3,(H-,11,12,13,14)/q-2;;/p+2. The molecule has 16 heteroatoms. The molecule has 2 heterocycles. The third-order valence-corrected chi connectivity index (χ3v) is 8.10. The first-order chi connectivity index (χ1) is 26.8. The molecule has 56 heavy (non-hydrogen) atoms. The number of carboxylic acid groups (broad SMARTS) is 4. The number of benzene rings is 3. The summed E-state index contributed by atoms with van der Waals surface area (Å²) in [6, 6.07) is 33.4.